The average molecular weight is 478 g/mol. The van der Waals surface area contributed by atoms with Gasteiger partial charge in [0.15, 0.2) is 10.1 Å². The molecule has 29 heavy (non-hydrogen) atoms. The highest BCUT2D eigenvalue weighted by molar-refractivity contribution is 7.99. The molecular formula is C19H13Cl2N5S3. The van der Waals surface area contributed by atoms with Crippen molar-refractivity contribution in [1.29, 1.82) is 0 Å². The molecular weight excluding hydrogens is 465 g/mol. The summed E-state index contributed by atoms with van der Waals surface area (Å²) >= 11 is 20.3. The van der Waals surface area contributed by atoms with Crippen molar-refractivity contribution in [3.63, 3.8) is 0 Å². The van der Waals surface area contributed by atoms with E-state index in [4.69, 9.17) is 40.4 Å². The van der Waals surface area contributed by atoms with Crippen molar-refractivity contribution in [2.24, 2.45) is 5.10 Å². The van der Waals surface area contributed by atoms with E-state index in [1.165, 1.54) is 0 Å². The van der Waals surface area contributed by atoms with Crippen molar-refractivity contribution < 1.29 is 0 Å². The van der Waals surface area contributed by atoms with Crippen LogP contribution in [0.15, 0.2) is 75.1 Å². The Morgan fingerprint density at radius 2 is 1.79 bits per heavy atom. The van der Waals surface area contributed by atoms with Gasteiger partial charge < -0.3 is 5.32 Å². The van der Waals surface area contributed by atoms with Crippen LogP contribution in [0.2, 0.25) is 10.0 Å². The van der Waals surface area contributed by atoms with Gasteiger partial charge in [-0.25, -0.2) is 4.98 Å². The Hall–Kier alpha value is -2.10. The normalized spacial score (nSPS) is 11.2. The van der Waals surface area contributed by atoms with Gasteiger partial charge in [-0.2, -0.15) is 5.10 Å². The zero-order valence-electron chi connectivity index (χ0n) is 14.7. The summed E-state index contributed by atoms with van der Waals surface area (Å²) in [7, 11) is 0. The monoisotopic (exact) mass is 477 g/mol. The van der Waals surface area contributed by atoms with Crippen molar-refractivity contribution in [3.05, 3.63) is 75.8 Å². The Bertz CT molecular complexity index is 1170. The van der Waals surface area contributed by atoms with Gasteiger partial charge in [0.2, 0.25) is 0 Å². The maximum absolute atomic E-state index is 5.98. The molecule has 0 radical (unpaired) electrons. The largest absolute Gasteiger partial charge is 0.331 e. The summed E-state index contributed by atoms with van der Waals surface area (Å²) in [6.45, 7) is 0. The number of hydrogen-bond acceptors (Lipinski definition) is 5. The second-order valence-electron chi connectivity index (χ2n) is 5.74. The van der Waals surface area contributed by atoms with E-state index in [0.717, 1.165) is 26.3 Å². The van der Waals surface area contributed by atoms with Crippen LogP contribution in [0, 0.1) is 0 Å². The molecule has 10 heteroatoms. The fraction of sp³-hybridized carbons (Fsp3) is 0. The Morgan fingerprint density at radius 1 is 1.10 bits per heavy atom. The number of thiocarbonyl (C=S) groups is 1. The van der Waals surface area contributed by atoms with E-state index in [9.17, 15) is 0 Å². The minimum absolute atomic E-state index is 0.376. The molecule has 0 bridgehead atoms. The van der Waals surface area contributed by atoms with E-state index in [2.05, 4.69) is 15.8 Å². The van der Waals surface area contributed by atoms with Crippen molar-refractivity contribution in [1.82, 2.24) is 14.8 Å². The molecule has 0 aliphatic heterocycles. The van der Waals surface area contributed by atoms with E-state index in [0.29, 0.717) is 15.2 Å². The molecule has 146 valence electrons. The molecule has 4 aromatic rings. The first-order valence-electron chi connectivity index (χ1n) is 8.33. The number of imidazole rings is 1. The fourth-order valence-corrected chi connectivity index (χ4v) is 4.52. The van der Waals surface area contributed by atoms with Crippen molar-refractivity contribution in [3.8, 4) is 0 Å². The molecule has 0 aliphatic carbocycles. The van der Waals surface area contributed by atoms with Gasteiger partial charge in [0.05, 0.1) is 6.21 Å². The Kier molecular flexibility index (Phi) is 6.37. The summed E-state index contributed by atoms with van der Waals surface area (Å²) in [5.41, 5.74) is 4.52. The smallest absolute Gasteiger partial charge is 0.195 e. The number of anilines is 1. The molecule has 0 atom stereocenters. The maximum atomic E-state index is 5.98. The van der Waals surface area contributed by atoms with Crippen LogP contribution in [0.25, 0.3) is 4.96 Å². The van der Waals surface area contributed by atoms with Gasteiger partial charge in [-0.1, -0.05) is 35.0 Å². The first-order chi connectivity index (χ1) is 14.1. The molecule has 0 saturated heterocycles. The lowest BCUT2D eigenvalue weighted by Gasteiger charge is -2.06. The molecule has 4 rings (SSSR count). The molecule has 5 nitrogen and oxygen atoms in total. The predicted molar refractivity (Wildman–Crippen MR) is 127 cm³/mol. The number of halogens is 2. The SMILES string of the molecule is S=C(N/N=C\c1c(Sc2ccc(Cl)cc2)nc2sccn12)Nc1ccc(Cl)cc1. The molecule has 2 N–H and O–H groups in total. The number of thiazole rings is 1. The molecule has 0 aliphatic rings. The lowest BCUT2D eigenvalue weighted by Crippen LogP contribution is -2.23. The summed E-state index contributed by atoms with van der Waals surface area (Å²) < 4.78 is 1.99. The molecule has 2 aromatic heterocycles. The number of rotatable bonds is 5. The van der Waals surface area contributed by atoms with Crippen LogP contribution >= 0.6 is 58.5 Å². The molecule has 0 saturated carbocycles. The highest BCUT2D eigenvalue weighted by Gasteiger charge is 2.13. The van der Waals surface area contributed by atoms with Crippen LogP contribution in [-0.4, -0.2) is 20.7 Å². The van der Waals surface area contributed by atoms with E-state index < -0.39 is 0 Å². The van der Waals surface area contributed by atoms with Gasteiger partial charge in [-0.3, -0.25) is 9.83 Å². The Labute approximate surface area is 190 Å². The van der Waals surface area contributed by atoms with Gasteiger partial charge in [0.25, 0.3) is 0 Å². The quantitative estimate of drug-likeness (QED) is 0.204. The topological polar surface area (TPSA) is 53.7 Å². The Balaban J connectivity index is 1.49. The number of hydrazone groups is 1. The van der Waals surface area contributed by atoms with Crippen LogP contribution < -0.4 is 10.7 Å². The van der Waals surface area contributed by atoms with Crippen LogP contribution in [0.1, 0.15) is 5.69 Å². The molecule has 2 heterocycles. The third kappa shape index (κ3) is 5.09. The van der Waals surface area contributed by atoms with E-state index in [1.807, 2.05) is 52.4 Å². The summed E-state index contributed by atoms with van der Waals surface area (Å²) in [5.74, 6) is 0. The summed E-state index contributed by atoms with van der Waals surface area (Å²) in [4.78, 5) is 6.63. The fourth-order valence-electron chi connectivity index (χ4n) is 2.43. The van der Waals surface area contributed by atoms with Gasteiger partial charge in [0, 0.05) is 32.2 Å². The minimum atomic E-state index is 0.376. The minimum Gasteiger partial charge on any atom is -0.331 e. The lowest BCUT2D eigenvalue weighted by atomic mass is 10.3. The summed E-state index contributed by atoms with van der Waals surface area (Å²) in [6, 6.07) is 14.9. The Morgan fingerprint density at radius 3 is 2.52 bits per heavy atom. The number of hydrogen-bond donors (Lipinski definition) is 2. The van der Waals surface area contributed by atoms with Gasteiger partial charge in [0.1, 0.15) is 10.7 Å². The third-order valence-corrected chi connectivity index (χ3v) is 6.20. The second kappa shape index (κ2) is 9.15. The average Bonchev–Trinajstić information content (AvgIpc) is 3.28. The number of fused-ring (bicyclic) bond motifs is 1. The second-order valence-corrected chi connectivity index (χ2v) is 8.96. The summed E-state index contributed by atoms with van der Waals surface area (Å²) in [6.07, 6.45) is 3.67. The zero-order valence-corrected chi connectivity index (χ0v) is 18.6. The molecule has 2 aromatic carbocycles. The van der Waals surface area contributed by atoms with Crippen molar-refractivity contribution in [2.75, 3.05) is 5.32 Å². The molecule has 0 unspecified atom stereocenters. The molecule has 0 spiro atoms. The molecule has 0 fully saturated rings. The van der Waals surface area contributed by atoms with Gasteiger partial charge in [-0.15, -0.1) is 11.3 Å². The van der Waals surface area contributed by atoms with E-state index in [-0.39, 0.29) is 0 Å². The highest BCUT2D eigenvalue weighted by Crippen LogP contribution is 2.31. The zero-order chi connectivity index (χ0) is 20.2. The lowest BCUT2D eigenvalue weighted by molar-refractivity contribution is 1.04. The van der Waals surface area contributed by atoms with Crippen LogP contribution in [-0.2, 0) is 0 Å². The van der Waals surface area contributed by atoms with Crippen molar-refractivity contribution >= 4 is 80.5 Å². The van der Waals surface area contributed by atoms with Crippen LogP contribution in [0.4, 0.5) is 5.69 Å². The maximum Gasteiger partial charge on any atom is 0.195 e. The third-order valence-electron chi connectivity index (χ3n) is 3.75. The number of benzene rings is 2. The first kappa shape index (κ1) is 20.2. The van der Waals surface area contributed by atoms with Gasteiger partial charge in [-0.05, 0) is 60.7 Å². The predicted octanol–water partition coefficient (Wildman–Crippen LogP) is 6.17. The van der Waals surface area contributed by atoms with E-state index >= 15 is 0 Å². The standard InChI is InChI=1S/C19H13Cl2N5S3/c20-12-1-5-14(6-2-12)23-18(27)25-22-11-16-17(24-19-26(16)9-10-28-19)29-15-7-3-13(21)4-8-15/h1-11H,(H2,23,25,27)/b22-11-. The number of nitrogens with zero attached hydrogens (tertiary/aromatic N) is 3. The van der Waals surface area contributed by atoms with Crippen LogP contribution in [0.5, 0.6) is 0 Å². The van der Waals surface area contributed by atoms with Gasteiger partial charge >= 0.3 is 0 Å². The first-order valence-corrected chi connectivity index (χ1v) is 11.2. The highest BCUT2D eigenvalue weighted by atomic mass is 35.5. The number of aromatic nitrogens is 2. The van der Waals surface area contributed by atoms with Crippen molar-refractivity contribution in [2.45, 2.75) is 9.92 Å². The van der Waals surface area contributed by atoms with E-state index in [1.54, 1.807) is 41.4 Å². The van der Waals surface area contributed by atoms with Crippen LogP contribution in [0.3, 0.4) is 0 Å². The number of nitrogens with one attached hydrogen (secondary N) is 2. The summed E-state index contributed by atoms with van der Waals surface area (Å²) in [5, 5.41) is 11.9. The molecule has 0 amide bonds.